The van der Waals surface area contributed by atoms with Crippen LogP contribution in [0.3, 0.4) is 0 Å². The minimum Gasteiger partial charge on any atom is -0.497 e. The molecule has 2 aromatic carbocycles. The maximum absolute atomic E-state index is 13.0. The molecule has 2 aliphatic heterocycles. The van der Waals surface area contributed by atoms with Gasteiger partial charge in [0.25, 0.3) is 5.91 Å². The van der Waals surface area contributed by atoms with Crippen molar-refractivity contribution < 1.29 is 14.3 Å². The van der Waals surface area contributed by atoms with Crippen LogP contribution < -0.4 is 15.0 Å². The number of hydrogen-bond donors (Lipinski definition) is 1. The first kappa shape index (κ1) is 22.6. The Morgan fingerprint density at radius 3 is 2.47 bits per heavy atom. The molecule has 2 fully saturated rings. The molecule has 1 atom stereocenters. The molecular formula is C25H30ClN3O3. The second-order valence-corrected chi connectivity index (χ2v) is 8.82. The van der Waals surface area contributed by atoms with Gasteiger partial charge in [-0.3, -0.25) is 14.5 Å². The van der Waals surface area contributed by atoms with Gasteiger partial charge in [-0.2, -0.15) is 0 Å². The predicted molar refractivity (Wildman–Crippen MR) is 127 cm³/mol. The van der Waals surface area contributed by atoms with Gasteiger partial charge in [-0.25, -0.2) is 0 Å². The number of ether oxygens (including phenoxy) is 1. The first-order chi connectivity index (χ1) is 15.6. The summed E-state index contributed by atoms with van der Waals surface area (Å²) in [7, 11) is 1.66. The Labute approximate surface area is 194 Å². The third-order valence-electron chi connectivity index (χ3n) is 6.36. The third kappa shape index (κ3) is 5.08. The van der Waals surface area contributed by atoms with Crippen LogP contribution in [0, 0.1) is 0 Å². The van der Waals surface area contributed by atoms with E-state index in [9.17, 15) is 9.59 Å². The monoisotopic (exact) mass is 455 g/mol. The lowest BCUT2D eigenvalue weighted by molar-refractivity contribution is -0.117. The van der Waals surface area contributed by atoms with E-state index >= 15 is 0 Å². The molecule has 2 amide bonds. The molecule has 0 bridgehead atoms. The van der Waals surface area contributed by atoms with Crippen LogP contribution in [0.5, 0.6) is 5.75 Å². The van der Waals surface area contributed by atoms with E-state index in [1.54, 1.807) is 30.2 Å². The fraction of sp³-hybridized carbons (Fsp3) is 0.440. The number of likely N-dealkylation sites (tertiary alicyclic amines) is 1. The second-order valence-electron chi connectivity index (χ2n) is 8.41. The molecule has 7 heteroatoms. The minimum atomic E-state index is -0.162. The summed E-state index contributed by atoms with van der Waals surface area (Å²) >= 11 is 6.34. The summed E-state index contributed by atoms with van der Waals surface area (Å²) in [6, 6.07) is 13.3. The number of anilines is 1. The Morgan fingerprint density at radius 1 is 1.06 bits per heavy atom. The number of hydrogen-bond acceptors (Lipinski definition) is 4. The lowest BCUT2D eigenvalue weighted by atomic mass is 10.0. The number of rotatable bonds is 7. The maximum atomic E-state index is 13.0. The van der Waals surface area contributed by atoms with Crippen LogP contribution in [0.1, 0.15) is 54.1 Å². The van der Waals surface area contributed by atoms with Crippen LogP contribution in [0.15, 0.2) is 42.5 Å². The molecule has 1 N–H and O–H groups in total. The number of halogens is 1. The summed E-state index contributed by atoms with van der Waals surface area (Å²) < 4.78 is 5.30. The lowest BCUT2D eigenvalue weighted by Crippen LogP contribution is -2.40. The highest BCUT2D eigenvalue weighted by Crippen LogP contribution is 2.31. The van der Waals surface area contributed by atoms with Crippen molar-refractivity contribution in [1.29, 1.82) is 0 Å². The third-order valence-corrected chi connectivity index (χ3v) is 6.68. The molecule has 0 aromatic heterocycles. The first-order valence-corrected chi connectivity index (χ1v) is 11.7. The average Bonchev–Trinajstić information content (AvgIpc) is 3.26. The molecule has 2 heterocycles. The van der Waals surface area contributed by atoms with E-state index in [-0.39, 0.29) is 17.9 Å². The number of benzene rings is 2. The predicted octanol–water partition coefficient (Wildman–Crippen LogP) is 4.43. The van der Waals surface area contributed by atoms with E-state index in [4.69, 9.17) is 16.3 Å². The Kier molecular flexibility index (Phi) is 7.33. The average molecular weight is 456 g/mol. The van der Waals surface area contributed by atoms with E-state index in [1.165, 1.54) is 19.3 Å². The SMILES string of the molecule is COc1ccc(C(CNC(=O)c2ccc(Cl)c(N3CCCC3=O)c2)N2CCCCC2)cc1. The molecule has 2 saturated heterocycles. The number of methoxy groups -OCH3 is 1. The highest BCUT2D eigenvalue weighted by molar-refractivity contribution is 6.34. The van der Waals surface area contributed by atoms with Crippen LogP contribution in [-0.2, 0) is 4.79 Å². The Hall–Kier alpha value is -2.57. The quantitative estimate of drug-likeness (QED) is 0.670. The van der Waals surface area contributed by atoms with E-state index in [1.807, 2.05) is 12.1 Å². The smallest absolute Gasteiger partial charge is 0.251 e. The van der Waals surface area contributed by atoms with Crippen LogP contribution >= 0.6 is 11.6 Å². The molecule has 0 spiro atoms. The van der Waals surface area contributed by atoms with E-state index in [2.05, 4.69) is 22.3 Å². The fourth-order valence-corrected chi connectivity index (χ4v) is 4.79. The van der Waals surface area contributed by atoms with Crippen LogP contribution in [0.4, 0.5) is 5.69 Å². The summed E-state index contributed by atoms with van der Waals surface area (Å²) in [6.45, 7) is 3.19. The Morgan fingerprint density at radius 2 is 1.81 bits per heavy atom. The number of nitrogens with zero attached hydrogens (tertiary/aromatic N) is 2. The highest BCUT2D eigenvalue weighted by Gasteiger charge is 2.26. The van der Waals surface area contributed by atoms with E-state index in [0.717, 1.165) is 30.8 Å². The largest absolute Gasteiger partial charge is 0.497 e. The van der Waals surface area contributed by atoms with Crippen molar-refractivity contribution in [1.82, 2.24) is 10.2 Å². The van der Waals surface area contributed by atoms with Gasteiger partial charge in [0.2, 0.25) is 5.91 Å². The van der Waals surface area contributed by atoms with Gasteiger partial charge in [-0.15, -0.1) is 0 Å². The number of piperidine rings is 1. The Bertz CT molecular complexity index is 957. The van der Waals surface area contributed by atoms with Crippen molar-refractivity contribution in [2.24, 2.45) is 0 Å². The zero-order valence-electron chi connectivity index (χ0n) is 18.5. The molecule has 0 radical (unpaired) electrons. The van der Waals surface area contributed by atoms with Crippen molar-refractivity contribution in [2.75, 3.05) is 38.2 Å². The number of carbonyl (C=O) groups excluding carboxylic acids is 2. The lowest BCUT2D eigenvalue weighted by Gasteiger charge is -2.35. The number of carbonyl (C=O) groups is 2. The van der Waals surface area contributed by atoms with Gasteiger partial charge in [0.1, 0.15) is 5.75 Å². The zero-order chi connectivity index (χ0) is 22.5. The van der Waals surface area contributed by atoms with E-state index in [0.29, 0.717) is 35.8 Å². The summed E-state index contributed by atoms with van der Waals surface area (Å²) in [4.78, 5) is 29.3. The van der Waals surface area contributed by atoms with Gasteiger partial charge in [-0.1, -0.05) is 30.2 Å². The minimum absolute atomic E-state index is 0.0501. The van der Waals surface area contributed by atoms with Crippen molar-refractivity contribution in [3.8, 4) is 5.75 Å². The van der Waals surface area contributed by atoms with Crippen molar-refractivity contribution >= 4 is 29.1 Å². The van der Waals surface area contributed by atoms with Gasteiger partial charge in [-0.05, 0) is 68.2 Å². The maximum Gasteiger partial charge on any atom is 0.251 e. The first-order valence-electron chi connectivity index (χ1n) is 11.3. The molecule has 0 aliphatic carbocycles. The van der Waals surface area contributed by atoms with Gasteiger partial charge in [0, 0.05) is 25.1 Å². The summed E-state index contributed by atoms with van der Waals surface area (Å²) in [5, 5.41) is 3.60. The molecule has 170 valence electrons. The standard InChI is InChI=1S/C25H30ClN3O3/c1-32-20-10-7-18(8-11-20)23(28-13-3-2-4-14-28)17-27-25(31)19-9-12-21(26)22(16-19)29-15-5-6-24(29)30/h7-12,16,23H,2-6,13-15,17H2,1H3,(H,27,31). The van der Waals surface area contributed by atoms with Crippen LogP contribution in [-0.4, -0.2) is 50.0 Å². The van der Waals surface area contributed by atoms with Gasteiger partial charge < -0.3 is 15.0 Å². The van der Waals surface area contributed by atoms with Crippen molar-refractivity contribution in [2.45, 2.75) is 38.1 Å². The molecule has 1 unspecified atom stereocenters. The molecule has 4 rings (SSSR count). The van der Waals surface area contributed by atoms with Gasteiger partial charge in [0.15, 0.2) is 0 Å². The number of amides is 2. The number of nitrogens with one attached hydrogen (secondary N) is 1. The molecule has 6 nitrogen and oxygen atoms in total. The molecule has 32 heavy (non-hydrogen) atoms. The molecule has 0 saturated carbocycles. The van der Waals surface area contributed by atoms with Crippen LogP contribution in [0.25, 0.3) is 0 Å². The summed E-state index contributed by atoms with van der Waals surface area (Å²) in [5.74, 6) is 0.708. The fourth-order valence-electron chi connectivity index (χ4n) is 4.57. The summed E-state index contributed by atoms with van der Waals surface area (Å²) in [5.41, 5.74) is 2.29. The molecule has 2 aliphatic rings. The zero-order valence-corrected chi connectivity index (χ0v) is 19.2. The van der Waals surface area contributed by atoms with E-state index < -0.39 is 0 Å². The van der Waals surface area contributed by atoms with Crippen molar-refractivity contribution in [3.63, 3.8) is 0 Å². The topological polar surface area (TPSA) is 61.9 Å². The normalized spacial score (nSPS) is 17.9. The Balaban J connectivity index is 1.49. The highest BCUT2D eigenvalue weighted by atomic mass is 35.5. The van der Waals surface area contributed by atoms with Crippen molar-refractivity contribution in [3.05, 3.63) is 58.6 Å². The van der Waals surface area contributed by atoms with Crippen LogP contribution in [0.2, 0.25) is 5.02 Å². The molecule has 2 aromatic rings. The summed E-state index contributed by atoms with van der Waals surface area (Å²) in [6.07, 6.45) is 4.92. The van der Waals surface area contributed by atoms with Gasteiger partial charge in [0.05, 0.1) is 23.9 Å². The van der Waals surface area contributed by atoms with Gasteiger partial charge >= 0.3 is 0 Å². The second kappa shape index (κ2) is 10.4. The molecular weight excluding hydrogens is 426 g/mol.